The molecule has 0 unspecified atom stereocenters. The van der Waals surface area contributed by atoms with Crippen molar-refractivity contribution in [1.29, 1.82) is 0 Å². The average Bonchev–Trinajstić information content (AvgIpc) is 2.53. The molecule has 15 heavy (non-hydrogen) atoms. The number of aromatic nitrogens is 2. The van der Waals surface area contributed by atoms with Crippen LogP contribution < -0.4 is 10.6 Å². The highest BCUT2D eigenvalue weighted by atomic mass is 16.2. The zero-order valence-electron chi connectivity index (χ0n) is 8.03. The molecule has 1 amide bonds. The summed E-state index contributed by atoms with van der Waals surface area (Å²) >= 11 is 0. The van der Waals surface area contributed by atoms with Crippen molar-refractivity contribution in [2.75, 3.05) is 18.4 Å². The van der Waals surface area contributed by atoms with Crippen LogP contribution in [0.5, 0.6) is 0 Å². The molecule has 0 radical (unpaired) electrons. The average molecular weight is 202 g/mol. The fourth-order valence-corrected chi connectivity index (χ4v) is 1.77. The number of hydrogen-bond acceptors (Lipinski definition) is 3. The lowest BCUT2D eigenvalue weighted by atomic mass is 10.3. The normalized spacial score (nSPS) is 15.3. The molecule has 2 heterocycles. The number of benzene rings is 1. The number of amides is 1. The van der Waals surface area contributed by atoms with E-state index in [4.69, 9.17) is 0 Å². The van der Waals surface area contributed by atoms with Gasteiger partial charge in [-0.15, -0.1) is 0 Å². The second-order valence-corrected chi connectivity index (χ2v) is 3.42. The predicted molar refractivity (Wildman–Crippen MR) is 57.0 cm³/mol. The zero-order valence-corrected chi connectivity index (χ0v) is 8.03. The molecule has 1 aliphatic rings. The van der Waals surface area contributed by atoms with Gasteiger partial charge in [0.2, 0.25) is 5.95 Å². The van der Waals surface area contributed by atoms with Gasteiger partial charge < -0.3 is 10.6 Å². The summed E-state index contributed by atoms with van der Waals surface area (Å²) < 4.78 is 1.57. The van der Waals surface area contributed by atoms with Crippen molar-refractivity contribution in [1.82, 2.24) is 14.9 Å². The van der Waals surface area contributed by atoms with E-state index in [1.807, 2.05) is 24.3 Å². The van der Waals surface area contributed by atoms with E-state index in [0.717, 1.165) is 11.0 Å². The molecule has 1 aromatic heterocycles. The van der Waals surface area contributed by atoms with Crippen LogP contribution in [0.2, 0.25) is 0 Å². The Balaban J connectivity index is 2.32. The lowest BCUT2D eigenvalue weighted by molar-refractivity contribution is 0.244. The SMILES string of the molecule is O=C1NCCNc2nc3ccccc3n21. The van der Waals surface area contributed by atoms with Gasteiger partial charge in [-0.05, 0) is 12.1 Å². The molecule has 0 fully saturated rings. The van der Waals surface area contributed by atoms with E-state index in [2.05, 4.69) is 15.6 Å². The second kappa shape index (κ2) is 2.98. The maximum atomic E-state index is 11.8. The minimum absolute atomic E-state index is 0.122. The summed E-state index contributed by atoms with van der Waals surface area (Å²) in [7, 11) is 0. The monoisotopic (exact) mass is 202 g/mol. The van der Waals surface area contributed by atoms with Gasteiger partial charge in [-0.25, -0.2) is 14.3 Å². The molecule has 5 nitrogen and oxygen atoms in total. The Hall–Kier alpha value is -2.04. The van der Waals surface area contributed by atoms with Gasteiger partial charge in [-0.3, -0.25) is 0 Å². The largest absolute Gasteiger partial charge is 0.353 e. The maximum absolute atomic E-state index is 11.8. The quantitative estimate of drug-likeness (QED) is 0.670. The summed E-state index contributed by atoms with van der Waals surface area (Å²) in [6, 6.07) is 7.47. The third kappa shape index (κ3) is 1.16. The first kappa shape index (κ1) is 8.28. The number of nitrogens with one attached hydrogen (secondary N) is 2. The van der Waals surface area contributed by atoms with Crippen molar-refractivity contribution >= 4 is 23.0 Å². The van der Waals surface area contributed by atoms with Crippen molar-refractivity contribution in [2.24, 2.45) is 0 Å². The van der Waals surface area contributed by atoms with E-state index >= 15 is 0 Å². The Morgan fingerprint density at radius 2 is 2.00 bits per heavy atom. The predicted octanol–water partition coefficient (Wildman–Crippen LogP) is 1.02. The molecule has 2 N–H and O–H groups in total. The lowest BCUT2D eigenvalue weighted by Crippen LogP contribution is -2.28. The Morgan fingerprint density at radius 1 is 1.20 bits per heavy atom. The van der Waals surface area contributed by atoms with Crippen molar-refractivity contribution in [3.8, 4) is 0 Å². The third-order valence-corrected chi connectivity index (χ3v) is 2.45. The summed E-state index contributed by atoms with van der Waals surface area (Å²) in [4.78, 5) is 16.1. The summed E-state index contributed by atoms with van der Waals surface area (Å²) in [5, 5.41) is 5.91. The smallest absolute Gasteiger partial charge is 0.329 e. The van der Waals surface area contributed by atoms with Crippen LogP contribution in [0.1, 0.15) is 0 Å². The maximum Gasteiger partial charge on any atom is 0.329 e. The molecule has 3 rings (SSSR count). The molecule has 76 valence electrons. The molecule has 2 aromatic rings. The van der Waals surface area contributed by atoms with E-state index in [1.165, 1.54) is 0 Å². The summed E-state index contributed by atoms with van der Waals surface area (Å²) in [5.74, 6) is 0.617. The number of carbonyl (C=O) groups excluding carboxylic acids is 1. The summed E-state index contributed by atoms with van der Waals surface area (Å²) in [5.41, 5.74) is 1.66. The number of imidazole rings is 1. The summed E-state index contributed by atoms with van der Waals surface area (Å²) in [6.07, 6.45) is 0. The first-order valence-corrected chi connectivity index (χ1v) is 4.86. The molecule has 0 saturated heterocycles. The minimum atomic E-state index is -0.122. The highest BCUT2D eigenvalue weighted by Gasteiger charge is 2.18. The molecule has 0 aliphatic carbocycles. The zero-order chi connectivity index (χ0) is 10.3. The van der Waals surface area contributed by atoms with E-state index in [-0.39, 0.29) is 6.03 Å². The van der Waals surface area contributed by atoms with Crippen LogP contribution in [0.4, 0.5) is 10.7 Å². The van der Waals surface area contributed by atoms with Gasteiger partial charge in [0.1, 0.15) is 0 Å². The highest BCUT2D eigenvalue weighted by molar-refractivity contribution is 5.93. The molecule has 1 aromatic carbocycles. The number of hydrogen-bond donors (Lipinski definition) is 2. The molecular weight excluding hydrogens is 192 g/mol. The van der Waals surface area contributed by atoms with Gasteiger partial charge in [0, 0.05) is 13.1 Å². The number of para-hydroxylation sites is 2. The molecule has 1 aliphatic heterocycles. The van der Waals surface area contributed by atoms with E-state index in [1.54, 1.807) is 4.57 Å². The number of rotatable bonds is 0. The topological polar surface area (TPSA) is 59.0 Å². The number of fused-ring (bicyclic) bond motifs is 3. The third-order valence-electron chi connectivity index (χ3n) is 2.45. The van der Waals surface area contributed by atoms with Crippen LogP contribution >= 0.6 is 0 Å². The number of carbonyl (C=O) groups is 1. The first-order chi connectivity index (χ1) is 7.36. The first-order valence-electron chi connectivity index (χ1n) is 4.86. The van der Waals surface area contributed by atoms with E-state index in [0.29, 0.717) is 19.0 Å². The minimum Gasteiger partial charge on any atom is -0.353 e. The van der Waals surface area contributed by atoms with Gasteiger partial charge in [-0.2, -0.15) is 0 Å². The standard InChI is InChI=1S/C10H10N4O/c15-10-12-6-5-11-9-13-7-3-1-2-4-8(7)14(9)10/h1-4H,5-6H2,(H,11,13)(H,12,15). The fourth-order valence-electron chi connectivity index (χ4n) is 1.77. The van der Waals surface area contributed by atoms with Crippen molar-refractivity contribution < 1.29 is 4.79 Å². The van der Waals surface area contributed by atoms with Crippen LogP contribution in [0.25, 0.3) is 11.0 Å². The van der Waals surface area contributed by atoms with Crippen LogP contribution in [-0.2, 0) is 0 Å². The van der Waals surface area contributed by atoms with Gasteiger partial charge in [-0.1, -0.05) is 12.1 Å². The van der Waals surface area contributed by atoms with Crippen molar-refractivity contribution in [3.05, 3.63) is 24.3 Å². The van der Waals surface area contributed by atoms with Crippen LogP contribution in [0.3, 0.4) is 0 Å². The van der Waals surface area contributed by atoms with Crippen molar-refractivity contribution in [3.63, 3.8) is 0 Å². The Labute approximate surface area is 86.1 Å². The van der Waals surface area contributed by atoms with Gasteiger partial charge in [0.05, 0.1) is 11.0 Å². The molecule has 5 heteroatoms. The van der Waals surface area contributed by atoms with Gasteiger partial charge >= 0.3 is 6.03 Å². The second-order valence-electron chi connectivity index (χ2n) is 3.42. The Morgan fingerprint density at radius 3 is 2.93 bits per heavy atom. The summed E-state index contributed by atoms with van der Waals surface area (Å²) in [6.45, 7) is 1.32. The Kier molecular flexibility index (Phi) is 1.65. The van der Waals surface area contributed by atoms with Crippen molar-refractivity contribution in [2.45, 2.75) is 0 Å². The number of nitrogens with zero attached hydrogens (tertiary/aromatic N) is 2. The molecule has 0 atom stereocenters. The van der Waals surface area contributed by atoms with Crippen LogP contribution in [0.15, 0.2) is 24.3 Å². The number of anilines is 1. The lowest BCUT2D eigenvalue weighted by Gasteiger charge is -2.02. The molecule has 0 saturated carbocycles. The van der Waals surface area contributed by atoms with E-state index < -0.39 is 0 Å². The van der Waals surface area contributed by atoms with Gasteiger partial charge in [0.25, 0.3) is 0 Å². The fraction of sp³-hybridized carbons (Fsp3) is 0.200. The van der Waals surface area contributed by atoms with E-state index in [9.17, 15) is 4.79 Å². The van der Waals surface area contributed by atoms with Gasteiger partial charge in [0.15, 0.2) is 0 Å². The van der Waals surface area contributed by atoms with Crippen LogP contribution in [0, 0.1) is 0 Å². The highest BCUT2D eigenvalue weighted by Crippen LogP contribution is 2.19. The van der Waals surface area contributed by atoms with Crippen LogP contribution in [-0.4, -0.2) is 28.7 Å². The Bertz CT molecular complexity index is 531. The molecule has 0 bridgehead atoms. The molecule has 0 spiro atoms. The molecular formula is C10H10N4O.